The van der Waals surface area contributed by atoms with Crippen LogP contribution < -0.4 is 19.5 Å². The number of rotatable bonds is 6. The second-order valence-corrected chi connectivity index (χ2v) is 8.10. The number of nitrogens with one attached hydrogen (secondary N) is 1. The van der Waals surface area contributed by atoms with Crippen molar-refractivity contribution in [3.05, 3.63) is 53.0 Å². The molecule has 7 nitrogen and oxygen atoms in total. The lowest BCUT2D eigenvalue weighted by atomic mass is 10.2. The zero-order valence-electron chi connectivity index (χ0n) is 17.8. The number of anilines is 1. The van der Waals surface area contributed by atoms with Gasteiger partial charge in [0, 0.05) is 35.2 Å². The molecular formula is C23H25N3O4S. The van der Waals surface area contributed by atoms with Crippen molar-refractivity contribution in [3.8, 4) is 27.8 Å². The van der Waals surface area contributed by atoms with E-state index in [4.69, 9.17) is 19.2 Å². The number of methoxy groups -OCH3 is 2. The van der Waals surface area contributed by atoms with Gasteiger partial charge in [-0.15, -0.1) is 11.3 Å². The van der Waals surface area contributed by atoms with Gasteiger partial charge in [-0.1, -0.05) is 0 Å². The van der Waals surface area contributed by atoms with Crippen LogP contribution in [0, 0.1) is 0 Å². The maximum atomic E-state index is 12.8. The van der Waals surface area contributed by atoms with Gasteiger partial charge in [0.25, 0.3) is 0 Å². The Morgan fingerprint density at radius 3 is 2.61 bits per heavy atom. The highest BCUT2D eigenvalue weighted by atomic mass is 32.1. The Bertz CT molecular complexity index is 1070. The third-order valence-electron chi connectivity index (χ3n) is 5.07. The molecule has 8 heteroatoms. The van der Waals surface area contributed by atoms with Crippen molar-refractivity contribution >= 4 is 23.1 Å². The quantitative estimate of drug-likeness (QED) is 0.596. The normalized spacial score (nSPS) is 12.8. The lowest BCUT2D eigenvalue weighted by Gasteiger charge is -2.26. The van der Waals surface area contributed by atoms with Crippen molar-refractivity contribution in [2.75, 3.05) is 32.7 Å². The Balaban J connectivity index is 1.44. The first-order valence-electron chi connectivity index (χ1n) is 10.1. The van der Waals surface area contributed by atoms with Crippen molar-refractivity contribution in [1.82, 2.24) is 9.88 Å². The minimum absolute atomic E-state index is 0.145. The van der Waals surface area contributed by atoms with Gasteiger partial charge in [-0.25, -0.2) is 9.78 Å². The summed E-state index contributed by atoms with van der Waals surface area (Å²) in [7, 11) is 3.15. The van der Waals surface area contributed by atoms with Gasteiger partial charge in [0.1, 0.15) is 10.8 Å². The molecule has 0 radical (unpaired) electrons. The molecule has 1 aromatic heterocycles. The van der Waals surface area contributed by atoms with Gasteiger partial charge in [-0.2, -0.15) is 0 Å². The molecule has 0 bridgehead atoms. The van der Waals surface area contributed by atoms with E-state index in [9.17, 15) is 4.79 Å². The predicted molar refractivity (Wildman–Crippen MR) is 121 cm³/mol. The van der Waals surface area contributed by atoms with Crippen LogP contribution in [0.5, 0.6) is 17.2 Å². The van der Waals surface area contributed by atoms with E-state index >= 15 is 0 Å². The van der Waals surface area contributed by atoms with Crippen LogP contribution in [-0.2, 0) is 13.0 Å². The molecule has 0 aliphatic carbocycles. The highest BCUT2D eigenvalue weighted by molar-refractivity contribution is 7.15. The van der Waals surface area contributed by atoms with E-state index in [2.05, 4.69) is 5.32 Å². The Kier molecular flexibility index (Phi) is 6.27. The molecule has 2 heterocycles. The van der Waals surface area contributed by atoms with Gasteiger partial charge in [-0.05, 0) is 43.3 Å². The van der Waals surface area contributed by atoms with Gasteiger partial charge in [0.05, 0.1) is 33.1 Å². The van der Waals surface area contributed by atoms with Crippen LogP contribution >= 0.6 is 11.3 Å². The van der Waals surface area contributed by atoms with Gasteiger partial charge in [-0.3, -0.25) is 0 Å². The summed E-state index contributed by atoms with van der Waals surface area (Å²) in [6.45, 7) is 3.78. The molecule has 31 heavy (non-hydrogen) atoms. The summed E-state index contributed by atoms with van der Waals surface area (Å²) in [6.07, 6.45) is 0.738. The first-order valence-corrected chi connectivity index (χ1v) is 10.9. The number of aromatic nitrogens is 1. The summed E-state index contributed by atoms with van der Waals surface area (Å²) in [5, 5.41) is 3.91. The smallest absolute Gasteiger partial charge is 0.322 e. The predicted octanol–water partition coefficient (Wildman–Crippen LogP) is 4.82. The second kappa shape index (κ2) is 9.26. The molecule has 0 spiro atoms. The van der Waals surface area contributed by atoms with Crippen molar-refractivity contribution in [2.24, 2.45) is 0 Å². The van der Waals surface area contributed by atoms with Crippen LogP contribution in [0.4, 0.5) is 10.5 Å². The number of hydrogen-bond acceptors (Lipinski definition) is 6. The standard InChI is InChI=1S/C23H25N3O4S/c1-4-30-17-8-5-15(6-9-17)22-25-18-11-12-26(14-21(18)31-22)23(27)24-16-7-10-19(28-2)20(13-16)29-3/h5-10,13H,4,11-12,14H2,1-3H3,(H,24,27). The van der Waals surface area contributed by atoms with Crippen molar-refractivity contribution < 1.29 is 19.0 Å². The summed E-state index contributed by atoms with van der Waals surface area (Å²) in [5.41, 5.74) is 2.79. The molecule has 2 aromatic carbocycles. The Morgan fingerprint density at radius 2 is 1.90 bits per heavy atom. The summed E-state index contributed by atoms with van der Waals surface area (Å²) >= 11 is 1.64. The summed E-state index contributed by atoms with van der Waals surface area (Å²) in [6, 6.07) is 13.1. The third-order valence-corrected chi connectivity index (χ3v) is 6.20. The van der Waals surface area contributed by atoms with Crippen LogP contribution in [0.3, 0.4) is 0 Å². The Hall–Kier alpha value is -3.26. The van der Waals surface area contributed by atoms with Gasteiger partial charge < -0.3 is 24.4 Å². The maximum absolute atomic E-state index is 12.8. The number of benzene rings is 2. The molecule has 4 rings (SSSR count). The summed E-state index contributed by atoms with van der Waals surface area (Å²) in [4.78, 5) is 20.6. The average molecular weight is 440 g/mol. The fourth-order valence-electron chi connectivity index (χ4n) is 3.47. The average Bonchev–Trinajstić information content (AvgIpc) is 3.23. The van der Waals surface area contributed by atoms with Crippen LogP contribution in [-0.4, -0.2) is 43.3 Å². The van der Waals surface area contributed by atoms with Crippen molar-refractivity contribution in [3.63, 3.8) is 0 Å². The molecule has 0 unspecified atom stereocenters. The second-order valence-electron chi connectivity index (χ2n) is 7.02. The third kappa shape index (κ3) is 4.59. The molecule has 0 saturated carbocycles. The van der Waals surface area contributed by atoms with Crippen LogP contribution in [0.1, 0.15) is 17.5 Å². The topological polar surface area (TPSA) is 72.9 Å². The van der Waals surface area contributed by atoms with Gasteiger partial charge in [0.2, 0.25) is 0 Å². The van der Waals surface area contributed by atoms with E-state index < -0.39 is 0 Å². The van der Waals surface area contributed by atoms with E-state index in [1.807, 2.05) is 31.2 Å². The van der Waals surface area contributed by atoms with Crippen molar-refractivity contribution in [2.45, 2.75) is 19.9 Å². The monoisotopic (exact) mass is 439 g/mol. The van der Waals surface area contributed by atoms with Crippen LogP contribution in [0.25, 0.3) is 10.6 Å². The number of thiazole rings is 1. The van der Waals surface area contributed by atoms with E-state index in [0.29, 0.717) is 36.9 Å². The van der Waals surface area contributed by atoms with E-state index in [1.54, 1.807) is 48.7 Å². The number of nitrogens with zero attached hydrogens (tertiary/aromatic N) is 2. The number of fused-ring (bicyclic) bond motifs is 1. The lowest BCUT2D eigenvalue weighted by molar-refractivity contribution is 0.207. The number of carbonyl (C=O) groups is 1. The minimum Gasteiger partial charge on any atom is -0.494 e. The zero-order chi connectivity index (χ0) is 21.8. The number of ether oxygens (including phenoxy) is 3. The fourth-order valence-corrected chi connectivity index (χ4v) is 4.60. The molecule has 1 aliphatic rings. The van der Waals surface area contributed by atoms with Crippen molar-refractivity contribution in [1.29, 1.82) is 0 Å². The molecule has 2 amide bonds. The molecule has 1 N–H and O–H groups in total. The SMILES string of the molecule is CCOc1ccc(-c2nc3c(s2)CN(C(=O)Nc2ccc(OC)c(OC)c2)CC3)cc1. The maximum Gasteiger partial charge on any atom is 0.322 e. The van der Waals surface area contributed by atoms with Crippen LogP contribution in [0.2, 0.25) is 0 Å². The first-order chi connectivity index (χ1) is 15.1. The first kappa shape index (κ1) is 21.0. The summed E-state index contributed by atoms with van der Waals surface area (Å²) < 4.78 is 16.1. The van der Waals surface area contributed by atoms with Gasteiger partial charge in [0.15, 0.2) is 11.5 Å². The molecular weight excluding hydrogens is 414 g/mol. The number of urea groups is 1. The molecule has 0 saturated heterocycles. The Morgan fingerprint density at radius 1 is 1.13 bits per heavy atom. The summed E-state index contributed by atoms with van der Waals surface area (Å²) in [5.74, 6) is 2.05. The van der Waals surface area contributed by atoms with E-state index in [1.165, 1.54) is 0 Å². The highest BCUT2D eigenvalue weighted by Gasteiger charge is 2.24. The molecule has 162 valence electrons. The molecule has 1 aliphatic heterocycles. The lowest BCUT2D eigenvalue weighted by Crippen LogP contribution is -2.38. The van der Waals surface area contributed by atoms with Gasteiger partial charge >= 0.3 is 6.03 Å². The van der Waals surface area contributed by atoms with Crippen LogP contribution in [0.15, 0.2) is 42.5 Å². The highest BCUT2D eigenvalue weighted by Crippen LogP contribution is 2.33. The number of carbonyl (C=O) groups excluding carboxylic acids is 1. The molecule has 0 fully saturated rings. The van der Waals surface area contributed by atoms with E-state index in [0.717, 1.165) is 33.3 Å². The molecule has 3 aromatic rings. The number of amides is 2. The fraction of sp³-hybridized carbons (Fsp3) is 0.304. The minimum atomic E-state index is -0.145. The molecule has 0 atom stereocenters. The zero-order valence-corrected chi connectivity index (χ0v) is 18.6. The largest absolute Gasteiger partial charge is 0.494 e. The number of hydrogen-bond donors (Lipinski definition) is 1. The Labute approximate surface area is 185 Å². The van der Waals surface area contributed by atoms with E-state index in [-0.39, 0.29) is 6.03 Å².